The summed E-state index contributed by atoms with van der Waals surface area (Å²) in [6.07, 6.45) is -0.259. The summed E-state index contributed by atoms with van der Waals surface area (Å²) >= 11 is 0. The molecule has 172 valence electrons. The Labute approximate surface area is 186 Å². The normalized spacial score (nSPS) is 19.1. The van der Waals surface area contributed by atoms with E-state index in [-0.39, 0.29) is 12.1 Å². The molecule has 0 saturated carbocycles. The first-order valence-corrected chi connectivity index (χ1v) is 11.2. The minimum absolute atomic E-state index is 0.185. The fraction of sp³-hybridized carbons (Fsp3) is 0.652. The van der Waals surface area contributed by atoms with Crippen LogP contribution in [0.2, 0.25) is 0 Å². The number of hydrogen-bond donors (Lipinski definition) is 2. The maximum absolute atomic E-state index is 12.0. The minimum Gasteiger partial charge on any atom is -0.444 e. The molecule has 2 aliphatic rings. The zero-order valence-corrected chi connectivity index (χ0v) is 19.6. The van der Waals surface area contributed by atoms with Crippen LogP contribution in [0.3, 0.4) is 0 Å². The maximum atomic E-state index is 12.0. The van der Waals surface area contributed by atoms with Crippen LogP contribution < -0.4 is 10.6 Å². The largest absolute Gasteiger partial charge is 0.444 e. The third kappa shape index (κ3) is 7.40. The molecule has 0 bridgehead atoms. The number of likely N-dealkylation sites (tertiary alicyclic amines) is 1. The molecule has 1 amide bonds. The van der Waals surface area contributed by atoms with Gasteiger partial charge in [0.2, 0.25) is 0 Å². The van der Waals surface area contributed by atoms with Crippen molar-refractivity contribution in [2.75, 3.05) is 53.4 Å². The van der Waals surface area contributed by atoms with E-state index in [1.807, 2.05) is 20.8 Å². The highest BCUT2D eigenvalue weighted by Gasteiger charge is 2.34. The third-order valence-electron chi connectivity index (χ3n) is 5.58. The van der Waals surface area contributed by atoms with Crippen LogP contribution in [0.15, 0.2) is 29.3 Å². The minimum atomic E-state index is -0.465. The van der Waals surface area contributed by atoms with Crippen molar-refractivity contribution >= 4 is 12.1 Å². The van der Waals surface area contributed by atoms with Crippen molar-refractivity contribution in [3.63, 3.8) is 0 Å². The highest BCUT2D eigenvalue weighted by molar-refractivity contribution is 5.80. The Balaban J connectivity index is 1.37. The van der Waals surface area contributed by atoms with Gasteiger partial charge >= 0.3 is 6.09 Å². The van der Waals surface area contributed by atoms with Crippen molar-refractivity contribution in [1.82, 2.24) is 25.3 Å². The number of ether oxygens (including phenoxy) is 1. The summed E-state index contributed by atoms with van der Waals surface area (Å²) in [4.78, 5) is 22.9. The molecule has 1 aromatic carbocycles. The third-order valence-corrected chi connectivity index (χ3v) is 5.58. The number of likely N-dealkylation sites (N-methyl/N-ethyl adjacent to an activating group) is 1. The van der Waals surface area contributed by atoms with E-state index in [0.717, 1.165) is 38.7 Å². The van der Waals surface area contributed by atoms with Crippen LogP contribution in [0.5, 0.6) is 0 Å². The Kier molecular flexibility index (Phi) is 7.78. The van der Waals surface area contributed by atoms with Gasteiger partial charge in [-0.3, -0.25) is 9.89 Å². The van der Waals surface area contributed by atoms with Crippen molar-refractivity contribution in [1.29, 1.82) is 0 Å². The molecule has 2 fully saturated rings. The lowest BCUT2D eigenvalue weighted by Crippen LogP contribution is -2.63. The Bertz CT molecular complexity index is 744. The van der Waals surface area contributed by atoms with Gasteiger partial charge in [-0.1, -0.05) is 24.3 Å². The van der Waals surface area contributed by atoms with Gasteiger partial charge in [0.1, 0.15) is 5.60 Å². The molecule has 2 heterocycles. The molecule has 2 saturated heterocycles. The number of rotatable bonds is 5. The lowest BCUT2D eigenvalue weighted by Gasteiger charge is -2.40. The van der Waals surface area contributed by atoms with Gasteiger partial charge in [0, 0.05) is 59.4 Å². The van der Waals surface area contributed by atoms with E-state index in [4.69, 9.17) is 4.74 Å². The summed E-state index contributed by atoms with van der Waals surface area (Å²) in [7, 11) is 3.95. The fourth-order valence-electron chi connectivity index (χ4n) is 3.65. The second-order valence-corrected chi connectivity index (χ2v) is 9.55. The Morgan fingerprint density at radius 3 is 2.29 bits per heavy atom. The van der Waals surface area contributed by atoms with E-state index >= 15 is 0 Å². The second kappa shape index (κ2) is 10.3. The van der Waals surface area contributed by atoms with Gasteiger partial charge in [-0.2, -0.15) is 0 Å². The second-order valence-electron chi connectivity index (χ2n) is 9.55. The SMILES string of the molecule is CN=C(NCc1ccc(CN2CCN(C)CC2)cc1)NC1CN(C(=O)OC(C)(C)C)C1. The average Bonchev–Trinajstić information content (AvgIpc) is 2.68. The fourth-order valence-corrected chi connectivity index (χ4v) is 3.65. The first-order valence-electron chi connectivity index (χ1n) is 11.2. The van der Waals surface area contributed by atoms with Crippen molar-refractivity contribution in [3.05, 3.63) is 35.4 Å². The lowest BCUT2D eigenvalue weighted by atomic mass is 10.1. The molecule has 0 atom stereocenters. The van der Waals surface area contributed by atoms with Crippen LogP contribution in [-0.2, 0) is 17.8 Å². The molecule has 1 aromatic rings. The van der Waals surface area contributed by atoms with Gasteiger partial charge in [-0.15, -0.1) is 0 Å². The van der Waals surface area contributed by atoms with Crippen LogP contribution in [0.1, 0.15) is 31.9 Å². The van der Waals surface area contributed by atoms with Crippen LogP contribution >= 0.6 is 0 Å². The number of carbonyl (C=O) groups is 1. The summed E-state index contributed by atoms with van der Waals surface area (Å²) in [6, 6.07) is 8.98. The molecule has 0 unspecified atom stereocenters. The van der Waals surface area contributed by atoms with Gasteiger partial charge in [0.25, 0.3) is 0 Å². The lowest BCUT2D eigenvalue weighted by molar-refractivity contribution is 0.00701. The molecule has 2 N–H and O–H groups in total. The van der Waals surface area contributed by atoms with Gasteiger partial charge in [0.05, 0.1) is 6.04 Å². The predicted molar refractivity (Wildman–Crippen MR) is 124 cm³/mol. The van der Waals surface area contributed by atoms with Gasteiger partial charge < -0.3 is 25.2 Å². The summed E-state index contributed by atoms with van der Waals surface area (Å²) in [5.74, 6) is 0.746. The quantitative estimate of drug-likeness (QED) is 0.548. The van der Waals surface area contributed by atoms with Crippen LogP contribution in [0, 0.1) is 0 Å². The zero-order chi connectivity index (χ0) is 22.4. The number of benzene rings is 1. The molecule has 0 aromatic heterocycles. The number of amides is 1. The number of carbonyl (C=O) groups excluding carboxylic acids is 1. The number of nitrogens with one attached hydrogen (secondary N) is 2. The molecular weight excluding hydrogens is 392 g/mol. The topological polar surface area (TPSA) is 72.4 Å². The molecule has 0 radical (unpaired) electrons. The molecular formula is C23H38N6O2. The summed E-state index contributed by atoms with van der Waals surface area (Å²) in [6.45, 7) is 13.2. The van der Waals surface area contributed by atoms with Crippen molar-refractivity contribution in [2.24, 2.45) is 4.99 Å². The van der Waals surface area contributed by atoms with E-state index in [0.29, 0.717) is 19.6 Å². The smallest absolute Gasteiger partial charge is 0.410 e. The van der Waals surface area contributed by atoms with Crippen molar-refractivity contribution in [3.8, 4) is 0 Å². The maximum Gasteiger partial charge on any atom is 0.410 e. The Morgan fingerprint density at radius 2 is 1.71 bits per heavy atom. The molecule has 8 heteroatoms. The standard InChI is InChI=1S/C23H38N6O2/c1-23(2,3)31-22(30)29-16-20(17-29)26-21(24-4)25-14-18-6-8-19(9-7-18)15-28-12-10-27(5)11-13-28/h6-9,20H,10-17H2,1-5H3,(H2,24,25,26). The van der Waals surface area contributed by atoms with Gasteiger partial charge in [-0.25, -0.2) is 4.79 Å². The number of guanidine groups is 1. The Morgan fingerprint density at radius 1 is 1.10 bits per heavy atom. The number of hydrogen-bond acceptors (Lipinski definition) is 5. The van der Waals surface area contributed by atoms with E-state index in [9.17, 15) is 4.79 Å². The van der Waals surface area contributed by atoms with E-state index in [1.165, 1.54) is 11.1 Å². The average molecular weight is 431 g/mol. The highest BCUT2D eigenvalue weighted by atomic mass is 16.6. The monoisotopic (exact) mass is 430 g/mol. The first kappa shape index (κ1) is 23.3. The Hall–Kier alpha value is -2.32. The molecule has 8 nitrogen and oxygen atoms in total. The zero-order valence-electron chi connectivity index (χ0n) is 19.6. The van der Waals surface area contributed by atoms with E-state index in [1.54, 1.807) is 11.9 Å². The van der Waals surface area contributed by atoms with Crippen molar-refractivity contribution < 1.29 is 9.53 Å². The van der Waals surface area contributed by atoms with E-state index < -0.39 is 5.60 Å². The molecule has 2 aliphatic heterocycles. The van der Waals surface area contributed by atoms with Crippen molar-refractivity contribution in [2.45, 2.75) is 45.5 Å². The number of nitrogens with zero attached hydrogens (tertiary/aromatic N) is 4. The van der Waals surface area contributed by atoms with Crippen LogP contribution in [0.4, 0.5) is 4.79 Å². The van der Waals surface area contributed by atoms with Crippen LogP contribution in [-0.4, -0.2) is 91.8 Å². The number of aliphatic imine (C=N–C) groups is 1. The van der Waals surface area contributed by atoms with Gasteiger partial charge in [-0.05, 0) is 38.9 Å². The molecule has 0 aliphatic carbocycles. The summed E-state index contributed by atoms with van der Waals surface area (Å²) in [5, 5.41) is 6.73. The van der Waals surface area contributed by atoms with Crippen LogP contribution in [0.25, 0.3) is 0 Å². The predicted octanol–water partition coefficient (Wildman–Crippen LogP) is 1.72. The summed E-state index contributed by atoms with van der Waals surface area (Å²) < 4.78 is 5.40. The van der Waals surface area contributed by atoms with Gasteiger partial charge in [0.15, 0.2) is 5.96 Å². The highest BCUT2D eigenvalue weighted by Crippen LogP contribution is 2.15. The summed E-state index contributed by atoms with van der Waals surface area (Å²) in [5.41, 5.74) is 2.11. The molecule has 0 spiro atoms. The van der Waals surface area contributed by atoms with E-state index in [2.05, 4.69) is 56.7 Å². The molecule has 31 heavy (non-hydrogen) atoms. The number of piperazine rings is 1. The first-order chi connectivity index (χ1) is 14.7. The molecule has 3 rings (SSSR count).